The molecule has 7 heteroatoms. The average molecular weight is 359 g/mol. The van der Waals surface area contributed by atoms with Gasteiger partial charge in [0.25, 0.3) is 5.56 Å². The molecule has 0 atom stereocenters. The second-order valence-corrected chi connectivity index (χ2v) is 6.81. The van der Waals surface area contributed by atoms with Gasteiger partial charge in [0.05, 0.1) is 26.2 Å². The smallest absolute Gasteiger partial charge is 0.260 e. The van der Waals surface area contributed by atoms with Gasteiger partial charge in [-0.25, -0.2) is 4.98 Å². The molecule has 25 heavy (non-hydrogen) atoms. The number of H-pyrrole nitrogens is 1. The fourth-order valence-corrected chi connectivity index (χ4v) is 3.56. The molecule has 2 N–H and O–H groups in total. The number of hydrogen-bond donors (Lipinski definition) is 2. The summed E-state index contributed by atoms with van der Waals surface area (Å²) in [7, 11) is 3.19. The normalized spacial score (nSPS) is 11.2. The SMILES string of the molecule is COc1ccc(-c2csc3nc(CNC(C)C)[nH]c(=O)c23)cc1OC. The third-order valence-electron chi connectivity index (χ3n) is 3.87. The number of methoxy groups -OCH3 is 2. The number of benzene rings is 1. The molecule has 0 aliphatic rings. The molecule has 0 aliphatic carbocycles. The minimum Gasteiger partial charge on any atom is -0.493 e. The van der Waals surface area contributed by atoms with Crippen LogP contribution in [0.3, 0.4) is 0 Å². The van der Waals surface area contributed by atoms with E-state index in [0.29, 0.717) is 35.3 Å². The van der Waals surface area contributed by atoms with E-state index in [-0.39, 0.29) is 5.56 Å². The Bertz CT molecular complexity index is 946. The van der Waals surface area contributed by atoms with Gasteiger partial charge in [-0.3, -0.25) is 4.79 Å². The molecule has 0 spiro atoms. The van der Waals surface area contributed by atoms with Gasteiger partial charge < -0.3 is 19.8 Å². The zero-order valence-electron chi connectivity index (χ0n) is 14.7. The van der Waals surface area contributed by atoms with E-state index in [1.54, 1.807) is 14.2 Å². The molecule has 0 saturated heterocycles. The number of ether oxygens (including phenoxy) is 2. The van der Waals surface area contributed by atoms with Crippen molar-refractivity contribution in [2.45, 2.75) is 26.4 Å². The highest BCUT2D eigenvalue weighted by molar-refractivity contribution is 7.17. The van der Waals surface area contributed by atoms with Gasteiger partial charge in [-0.15, -0.1) is 11.3 Å². The van der Waals surface area contributed by atoms with E-state index in [2.05, 4.69) is 29.1 Å². The summed E-state index contributed by atoms with van der Waals surface area (Å²) in [5.41, 5.74) is 1.61. The van der Waals surface area contributed by atoms with Gasteiger partial charge in [-0.2, -0.15) is 0 Å². The van der Waals surface area contributed by atoms with E-state index in [1.807, 2.05) is 23.6 Å². The Kier molecular flexibility index (Phi) is 5.06. The largest absolute Gasteiger partial charge is 0.493 e. The quantitative estimate of drug-likeness (QED) is 0.707. The van der Waals surface area contributed by atoms with Crippen molar-refractivity contribution < 1.29 is 9.47 Å². The van der Waals surface area contributed by atoms with Crippen LogP contribution in [0.15, 0.2) is 28.4 Å². The topological polar surface area (TPSA) is 76.2 Å². The molecule has 0 fully saturated rings. The highest BCUT2D eigenvalue weighted by Gasteiger charge is 2.15. The van der Waals surface area contributed by atoms with Gasteiger partial charge >= 0.3 is 0 Å². The Hall–Kier alpha value is -2.38. The number of aromatic amines is 1. The molecule has 3 rings (SSSR count). The van der Waals surface area contributed by atoms with Crippen molar-refractivity contribution in [3.63, 3.8) is 0 Å². The summed E-state index contributed by atoms with van der Waals surface area (Å²) in [5.74, 6) is 1.92. The van der Waals surface area contributed by atoms with Crippen LogP contribution in [-0.4, -0.2) is 30.2 Å². The number of rotatable bonds is 6. The van der Waals surface area contributed by atoms with Gasteiger partial charge in [0, 0.05) is 17.0 Å². The molecule has 0 radical (unpaired) electrons. The second-order valence-electron chi connectivity index (χ2n) is 5.95. The standard InChI is InChI=1S/C18H21N3O3S/c1-10(2)19-8-15-20-17(22)16-12(9-25-18(16)21-15)11-5-6-13(23-3)14(7-11)24-4/h5-7,9-10,19H,8H2,1-4H3,(H,20,21,22). The Morgan fingerprint density at radius 3 is 2.68 bits per heavy atom. The maximum absolute atomic E-state index is 12.6. The van der Waals surface area contributed by atoms with Crippen molar-refractivity contribution >= 4 is 21.6 Å². The average Bonchev–Trinajstić information content (AvgIpc) is 3.03. The molecular formula is C18H21N3O3S. The number of hydrogen-bond acceptors (Lipinski definition) is 6. The molecule has 2 aromatic heterocycles. The summed E-state index contributed by atoms with van der Waals surface area (Å²) >= 11 is 1.46. The summed E-state index contributed by atoms with van der Waals surface area (Å²) in [5, 5.41) is 5.82. The number of nitrogens with one attached hydrogen (secondary N) is 2. The van der Waals surface area contributed by atoms with Crippen molar-refractivity contribution in [2.24, 2.45) is 0 Å². The van der Waals surface area contributed by atoms with E-state index < -0.39 is 0 Å². The maximum Gasteiger partial charge on any atom is 0.260 e. The van der Waals surface area contributed by atoms with Crippen molar-refractivity contribution in [1.29, 1.82) is 0 Å². The van der Waals surface area contributed by atoms with Crippen LogP contribution in [0.2, 0.25) is 0 Å². The summed E-state index contributed by atoms with van der Waals surface area (Å²) in [6, 6.07) is 5.94. The van der Waals surface area contributed by atoms with Gasteiger partial charge in [0.15, 0.2) is 11.5 Å². The minimum absolute atomic E-state index is 0.128. The van der Waals surface area contributed by atoms with E-state index in [9.17, 15) is 4.79 Å². The van der Waals surface area contributed by atoms with Crippen LogP contribution in [-0.2, 0) is 6.54 Å². The molecule has 0 bridgehead atoms. The molecule has 132 valence electrons. The van der Waals surface area contributed by atoms with Gasteiger partial charge in [-0.05, 0) is 17.7 Å². The second kappa shape index (κ2) is 7.25. The lowest BCUT2D eigenvalue weighted by Crippen LogP contribution is -2.24. The lowest BCUT2D eigenvalue weighted by molar-refractivity contribution is 0.355. The lowest BCUT2D eigenvalue weighted by Gasteiger charge is -2.09. The van der Waals surface area contributed by atoms with Crippen LogP contribution >= 0.6 is 11.3 Å². The molecule has 1 aromatic carbocycles. The number of aromatic nitrogens is 2. The molecule has 0 saturated carbocycles. The van der Waals surface area contributed by atoms with Crippen molar-refractivity contribution in [3.8, 4) is 22.6 Å². The van der Waals surface area contributed by atoms with Crippen LogP contribution in [0, 0.1) is 0 Å². The summed E-state index contributed by atoms with van der Waals surface area (Å²) in [6.07, 6.45) is 0. The number of nitrogens with zero attached hydrogens (tertiary/aromatic N) is 1. The van der Waals surface area contributed by atoms with Crippen LogP contribution in [0.4, 0.5) is 0 Å². The zero-order chi connectivity index (χ0) is 18.0. The summed E-state index contributed by atoms with van der Waals surface area (Å²) in [6.45, 7) is 4.64. The Balaban J connectivity index is 2.05. The first-order valence-corrected chi connectivity index (χ1v) is 8.87. The Morgan fingerprint density at radius 1 is 1.24 bits per heavy atom. The molecular weight excluding hydrogens is 338 g/mol. The van der Waals surface area contributed by atoms with E-state index in [4.69, 9.17) is 9.47 Å². The monoisotopic (exact) mass is 359 g/mol. The van der Waals surface area contributed by atoms with Crippen LogP contribution in [0.5, 0.6) is 11.5 Å². The Labute approximate surface area is 149 Å². The first kappa shape index (κ1) is 17.4. The van der Waals surface area contributed by atoms with Crippen LogP contribution < -0.4 is 20.3 Å². The van der Waals surface area contributed by atoms with Gasteiger partial charge in [-0.1, -0.05) is 19.9 Å². The molecule has 0 amide bonds. The van der Waals surface area contributed by atoms with E-state index >= 15 is 0 Å². The highest BCUT2D eigenvalue weighted by atomic mass is 32.1. The fourth-order valence-electron chi connectivity index (χ4n) is 2.59. The predicted molar refractivity (Wildman–Crippen MR) is 101 cm³/mol. The minimum atomic E-state index is -0.128. The third kappa shape index (κ3) is 3.52. The number of thiophene rings is 1. The maximum atomic E-state index is 12.6. The summed E-state index contributed by atoms with van der Waals surface area (Å²) < 4.78 is 10.6. The number of fused-ring (bicyclic) bond motifs is 1. The van der Waals surface area contributed by atoms with Crippen molar-refractivity contribution in [2.75, 3.05) is 14.2 Å². The molecule has 0 aliphatic heterocycles. The molecule has 6 nitrogen and oxygen atoms in total. The Morgan fingerprint density at radius 2 is 2.00 bits per heavy atom. The lowest BCUT2D eigenvalue weighted by atomic mass is 10.1. The fraction of sp³-hybridized carbons (Fsp3) is 0.333. The molecule has 0 unspecified atom stereocenters. The van der Waals surface area contributed by atoms with Crippen LogP contribution in [0.25, 0.3) is 21.3 Å². The summed E-state index contributed by atoms with van der Waals surface area (Å²) in [4.78, 5) is 20.8. The van der Waals surface area contributed by atoms with Crippen molar-refractivity contribution in [3.05, 3.63) is 39.8 Å². The molecule has 2 heterocycles. The predicted octanol–water partition coefficient (Wildman–Crippen LogP) is 3.17. The first-order valence-electron chi connectivity index (χ1n) is 7.99. The van der Waals surface area contributed by atoms with Crippen LogP contribution in [0.1, 0.15) is 19.7 Å². The highest BCUT2D eigenvalue weighted by Crippen LogP contribution is 2.36. The van der Waals surface area contributed by atoms with E-state index in [1.165, 1.54) is 11.3 Å². The van der Waals surface area contributed by atoms with Crippen molar-refractivity contribution in [1.82, 2.24) is 15.3 Å². The van der Waals surface area contributed by atoms with Gasteiger partial charge in [0.2, 0.25) is 0 Å². The third-order valence-corrected chi connectivity index (χ3v) is 4.74. The van der Waals surface area contributed by atoms with Gasteiger partial charge in [0.1, 0.15) is 10.7 Å². The first-order chi connectivity index (χ1) is 12.0. The zero-order valence-corrected chi connectivity index (χ0v) is 15.5. The van der Waals surface area contributed by atoms with E-state index in [0.717, 1.165) is 16.0 Å². The molecule has 3 aromatic rings.